The molecule has 0 radical (unpaired) electrons. The van der Waals surface area contributed by atoms with E-state index in [4.69, 9.17) is 14.2 Å². The first kappa shape index (κ1) is 12.9. The Hall–Kier alpha value is -0.160. The molecule has 1 atom stereocenters. The Morgan fingerprint density at radius 3 is 2.73 bits per heavy atom. The molecule has 0 bridgehead atoms. The molecule has 1 fully saturated rings. The van der Waals surface area contributed by atoms with Crippen LogP contribution in [0.1, 0.15) is 19.3 Å². The SMILES string of the molecule is COCCCOCCOC[C@@H]1CCCN1. The Morgan fingerprint density at radius 2 is 2.00 bits per heavy atom. The standard InChI is InChI=1S/C11H23NO3/c1-13-6-3-7-14-8-9-15-10-11-4-2-5-12-11/h11-12H,2-10H2,1H3/t11-/m0/s1. The van der Waals surface area contributed by atoms with E-state index >= 15 is 0 Å². The van der Waals surface area contributed by atoms with Crippen LogP contribution in [0.5, 0.6) is 0 Å². The molecule has 1 aliphatic rings. The first-order chi connectivity index (χ1) is 7.43. The number of methoxy groups -OCH3 is 1. The van der Waals surface area contributed by atoms with Crippen LogP contribution >= 0.6 is 0 Å². The van der Waals surface area contributed by atoms with Crippen molar-refractivity contribution in [3.05, 3.63) is 0 Å². The van der Waals surface area contributed by atoms with Gasteiger partial charge in [0.25, 0.3) is 0 Å². The van der Waals surface area contributed by atoms with Crippen LogP contribution in [0.15, 0.2) is 0 Å². The first-order valence-electron chi connectivity index (χ1n) is 5.81. The lowest BCUT2D eigenvalue weighted by atomic mass is 10.2. The second-order valence-electron chi connectivity index (χ2n) is 3.83. The molecule has 15 heavy (non-hydrogen) atoms. The number of rotatable bonds is 9. The minimum absolute atomic E-state index is 0.568. The molecular formula is C11H23NO3. The smallest absolute Gasteiger partial charge is 0.0701 e. The van der Waals surface area contributed by atoms with Crippen molar-refractivity contribution in [2.45, 2.75) is 25.3 Å². The van der Waals surface area contributed by atoms with Gasteiger partial charge in [-0.25, -0.2) is 0 Å². The lowest BCUT2D eigenvalue weighted by Gasteiger charge is -2.10. The van der Waals surface area contributed by atoms with Gasteiger partial charge in [-0.2, -0.15) is 0 Å². The average molecular weight is 217 g/mol. The molecule has 1 N–H and O–H groups in total. The van der Waals surface area contributed by atoms with E-state index < -0.39 is 0 Å². The summed E-state index contributed by atoms with van der Waals surface area (Å²) in [4.78, 5) is 0. The Morgan fingerprint density at radius 1 is 1.13 bits per heavy atom. The van der Waals surface area contributed by atoms with E-state index in [2.05, 4.69) is 5.32 Å². The van der Waals surface area contributed by atoms with E-state index in [1.54, 1.807) is 7.11 Å². The van der Waals surface area contributed by atoms with Crippen LogP contribution in [0.25, 0.3) is 0 Å². The van der Waals surface area contributed by atoms with Crippen molar-refractivity contribution in [1.29, 1.82) is 0 Å². The van der Waals surface area contributed by atoms with E-state index in [0.29, 0.717) is 19.3 Å². The van der Waals surface area contributed by atoms with Gasteiger partial charge in [0.05, 0.1) is 19.8 Å². The van der Waals surface area contributed by atoms with Gasteiger partial charge < -0.3 is 19.5 Å². The fourth-order valence-electron chi connectivity index (χ4n) is 1.65. The number of nitrogens with one attached hydrogen (secondary N) is 1. The molecule has 0 aromatic heterocycles. The Kier molecular flexibility index (Phi) is 7.83. The number of hydrogen-bond acceptors (Lipinski definition) is 4. The first-order valence-corrected chi connectivity index (χ1v) is 5.81. The Balaban J connectivity index is 1.73. The van der Waals surface area contributed by atoms with Gasteiger partial charge >= 0.3 is 0 Å². The fraction of sp³-hybridized carbons (Fsp3) is 1.00. The predicted octanol–water partition coefficient (Wildman–Crippen LogP) is 0.808. The highest BCUT2D eigenvalue weighted by Crippen LogP contribution is 2.04. The normalized spacial score (nSPS) is 21.0. The summed E-state index contributed by atoms with van der Waals surface area (Å²) < 4.78 is 15.8. The molecule has 4 nitrogen and oxygen atoms in total. The Bertz CT molecular complexity index is 138. The fourth-order valence-corrected chi connectivity index (χ4v) is 1.65. The monoisotopic (exact) mass is 217 g/mol. The van der Waals surface area contributed by atoms with Crippen LogP contribution in [0.3, 0.4) is 0 Å². The zero-order valence-corrected chi connectivity index (χ0v) is 9.67. The summed E-state index contributed by atoms with van der Waals surface area (Å²) in [7, 11) is 1.71. The average Bonchev–Trinajstić information content (AvgIpc) is 2.75. The molecule has 0 unspecified atom stereocenters. The van der Waals surface area contributed by atoms with Gasteiger partial charge in [0.1, 0.15) is 0 Å². The minimum atomic E-state index is 0.568. The van der Waals surface area contributed by atoms with E-state index in [1.807, 2.05) is 0 Å². The zero-order chi connectivity index (χ0) is 10.8. The summed E-state index contributed by atoms with van der Waals surface area (Å²) in [6.07, 6.45) is 3.48. The van der Waals surface area contributed by atoms with Crippen LogP contribution in [-0.2, 0) is 14.2 Å². The molecule has 1 saturated heterocycles. The van der Waals surface area contributed by atoms with Crippen molar-refractivity contribution >= 4 is 0 Å². The van der Waals surface area contributed by atoms with Crippen molar-refractivity contribution in [3.8, 4) is 0 Å². The van der Waals surface area contributed by atoms with Gasteiger partial charge in [-0.05, 0) is 25.8 Å². The third-order valence-electron chi connectivity index (χ3n) is 2.49. The lowest BCUT2D eigenvalue weighted by Crippen LogP contribution is -2.27. The van der Waals surface area contributed by atoms with Crippen LogP contribution < -0.4 is 5.32 Å². The van der Waals surface area contributed by atoms with Crippen LogP contribution in [-0.4, -0.2) is 52.7 Å². The molecule has 0 amide bonds. The zero-order valence-electron chi connectivity index (χ0n) is 9.67. The topological polar surface area (TPSA) is 39.7 Å². The Labute approximate surface area is 92.3 Å². The van der Waals surface area contributed by atoms with Gasteiger partial charge in [0.15, 0.2) is 0 Å². The lowest BCUT2D eigenvalue weighted by molar-refractivity contribution is 0.0341. The maximum absolute atomic E-state index is 5.51. The van der Waals surface area contributed by atoms with Crippen LogP contribution in [0.2, 0.25) is 0 Å². The maximum Gasteiger partial charge on any atom is 0.0701 e. The molecule has 0 aromatic carbocycles. The highest BCUT2D eigenvalue weighted by Gasteiger charge is 2.13. The highest BCUT2D eigenvalue weighted by molar-refractivity contribution is 4.73. The summed E-state index contributed by atoms with van der Waals surface area (Å²) in [5.74, 6) is 0. The minimum Gasteiger partial charge on any atom is -0.385 e. The molecule has 0 aliphatic carbocycles. The number of hydrogen-bond donors (Lipinski definition) is 1. The second-order valence-corrected chi connectivity index (χ2v) is 3.83. The van der Waals surface area contributed by atoms with Crippen LogP contribution in [0, 0.1) is 0 Å². The van der Waals surface area contributed by atoms with Gasteiger partial charge in [0.2, 0.25) is 0 Å². The molecule has 0 saturated carbocycles. The van der Waals surface area contributed by atoms with E-state index in [1.165, 1.54) is 12.8 Å². The summed E-state index contributed by atoms with van der Waals surface area (Å²) in [5.41, 5.74) is 0. The van der Waals surface area contributed by atoms with Crippen LogP contribution in [0.4, 0.5) is 0 Å². The highest BCUT2D eigenvalue weighted by atomic mass is 16.5. The van der Waals surface area contributed by atoms with Gasteiger partial charge in [0, 0.05) is 26.4 Å². The van der Waals surface area contributed by atoms with Crippen molar-refractivity contribution in [1.82, 2.24) is 5.32 Å². The van der Waals surface area contributed by atoms with Crippen molar-refractivity contribution < 1.29 is 14.2 Å². The molecule has 90 valence electrons. The van der Waals surface area contributed by atoms with Crippen molar-refractivity contribution in [2.24, 2.45) is 0 Å². The third-order valence-corrected chi connectivity index (χ3v) is 2.49. The quantitative estimate of drug-likeness (QED) is 0.580. The van der Waals surface area contributed by atoms with Crippen molar-refractivity contribution in [2.75, 3.05) is 46.7 Å². The summed E-state index contributed by atoms with van der Waals surface area (Å²) >= 11 is 0. The van der Waals surface area contributed by atoms with E-state index in [9.17, 15) is 0 Å². The molecule has 1 aliphatic heterocycles. The molecule has 0 spiro atoms. The molecule has 1 rings (SSSR count). The second kappa shape index (κ2) is 9.09. The largest absolute Gasteiger partial charge is 0.385 e. The summed E-state index contributed by atoms with van der Waals surface area (Å²) in [6, 6.07) is 0.568. The molecule has 4 heteroatoms. The summed E-state index contributed by atoms with van der Waals surface area (Å²) in [6.45, 7) is 4.89. The van der Waals surface area contributed by atoms with Gasteiger partial charge in [-0.15, -0.1) is 0 Å². The summed E-state index contributed by atoms with van der Waals surface area (Å²) in [5, 5.41) is 3.39. The van der Waals surface area contributed by atoms with E-state index in [0.717, 1.165) is 32.8 Å². The molecule has 0 aromatic rings. The van der Waals surface area contributed by atoms with Gasteiger partial charge in [-0.1, -0.05) is 0 Å². The molecule has 1 heterocycles. The van der Waals surface area contributed by atoms with Gasteiger partial charge in [-0.3, -0.25) is 0 Å². The van der Waals surface area contributed by atoms with Crippen molar-refractivity contribution in [3.63, 3.8) is 0 Å². The third kappa shape index (κ3) is 6.84. The number of ether oxygens (including phenoxy) is 3. The maximum atomic E-state index is 5.51. The molecular weight excluding hydrogens is 194 g/mol. The van der Waals surface area contributed by atoms with E-state index in [-0.39, 0.29) is 0 Å². The predicted molar refractivity (Wildman–Crippen MR) is 59.2 cm³/mol.